The van der Waals surface area contributed by atoms with Crippen LogP contribution in [-0.4, -0.2) is 54.4 Å². The Labute approximate surface area is 159 Å². The third kappa shape index (κ3) is 2.90. The zero-order valence-electron chi connectivity index (χ0n) is 15.5. The third-order valence-corrected chi connectivity index (χ3v) is 8.01. The van der Waals surface area contributed by atoms with Crippen molar-refractivity contribution in [2.75, 3.05) is 26.7 Å². The van der Waals surface area contributed by atoms with Crippen molar-refractivity contribution in [3.05, 3.63) is 41.0 Å². The Balaban J connectivity index is 1.28. The molecule has 144 valence electrons. The van der Waals surface area contributed by atoms with Gasteiger partial charge in [0.05, 0.1) is 16.9 Å². The fourth-order valence-corrected chi connectivity index (χ4v) is 6.01. The minimum absolute atomic E-state index is 0.0124. The fraction of sp³-hybridized carbons (Fsp3) is 0.579. The van der Waals surface area contributed by atoms with Crippen LogP contribution in [0, 0.1) is 0 Å². The maximum Gasteiger partial charge on any atom is 0.243 e. The molecule has 7 nitrogen and oxygen atoms in total. The Bertz CT molecular complexity index is 965. The minimum Gasteiger partial charge on any atom is -0.338 e. The summed E-state index contributed by atoms with van der Waals surface area (Å²) >= 11 is 0. The van der Waals surface area contributed by atoms with Gasteiger partial charge in [0.15, 0.2) is 5.82 Å². The first-order valence-electron chi connectivity index (χ1n) is 9.68. The SMILES string of the molecule is CN1CCCC1c1nc(C2CN(S(=O)(=O)c3ccc4c(c3)CCC4)C2)no1. The maximum absolute atomic E-state index is 12.9. The van der Waals surface area contributed by atoms with Gasteiger partial charge in [-0.1, -0.05) is 11.2 Å². The van der Waals surface area contributed by atoms with E-state index in [9.17, 15) is 8.42 Å². The van der Waals surface area contributed by atoms with Crippen LogP contribution >= 0.6 is 0 Å². The molecule has 0 saturated carbocycles. The number of aryl methyl sites for hydroxylation is 2. The predicted molar refractivity (Wildman–Crippen MR) is 98.9 cm³/mol. The predicted octanol–water partition coefficient (Wildman–Crippen LogP) is 2.11. The molecule has 2 aromatic rings. The van der Waals surface area contributed by atoms with Gasteiger partial charge < -0.3 is 4.52 Å². The van der Waals surface area contributed by atoms with Crippen molar-refractivity contribution < 1.29 is 12.9 Å². The Morgan fingerprint density at radius 2 is 1.96 bits per heavy atom. The zero-order chi connectivity index (χ0) is 18.6. The van der Waals surface area contributed by atoms with Crippen LogP contribution in [0.4, 0.5) is 0 Å². The molecule has 5 rings (SSSR count). The molecule has 0 N–H and O–H groups in total. The van der Waals surface area contributed by atoms with Gasteiger partial charge in [0.1, 0.15) is 0 Å². The van der Waals surface area contributed by atoms with Crippen molar-refractivity contribution in [1.29, 1.82) is 0 Å². The van der Waals surface area contributed by atoms with Gasteiger partial charge in [-0.25, -0.2) is 8.42 Å². The van der Waals surface area contributed by atoms with Crippen molar-refractivity contribution in [2.45, 2.75) is 49.0 Å². The van der Waals surface area contributed by atoms with E-state index in [-0.39, 0.29) is 12.0 Å². The lowest BCUT2D eigenvalue weighted by Crippen LogP contribution is -2.48. The first-order chi connectivity index (χ1) is 13.0. The molecule has 1 aliphatic carbocycles. The number of aromatic nitrogens is 2. The van der Waals surface area contributed by atoms with Crippen molar-refractivity contribution >= 4 is 10.0 Å². The number of fused-ring (bicyclic) bond motifs is 1. The van der Waals surface area contributed by atoms with Crippen molar-refractivity contribution in [3.8, 4) is 0 Å². The van der Waals surface area contributed by atoms with E-state index in [1.807, 2.05) is 12.1 Å². The Hall–Kier alpha value is -1.77. The Morgan fingerprint density at radius 1 is 1.15 bits per heavy atom. The van der Waals surface area contributed by atoms with Gasteiger partial charge >= 0.3 is 0 Å². The summed E-state index contributed by atoms with van der Waals surface area (Å²) in [5, 5.41) is 4.12. The fourth-order valence-electron chi connectivity index (χ4n) is 4.43. The molecular formula is C19H24N4O3S. The second-order valence-electron chi connectivity index (χ2n) is 7.93. The van der Waals surface area contributed by atoms with E-state index in [2.05, 4.69) is 22.1 Å². The number of benzene rings is 1. The number of likely N-dealkylation sites (tertiary alicyclic amines) is 1. The molecule has 2 fully saturated rings. The first-order valence-corrected chi connectivity index (χ1v) is 11.1. The molecule has 1 unspecified atom stereocenters. The number of nitrogens with zero attached hydrogens (tertiary/aromatic N) is 4. The average molecular weight is 388 g/mol. The van der Waals surface area contributed by atoms with E-state index in [1.54, 1.807) is 6.07 Å². The van der Waals surface area contributed by atoms with Crippen LogP contribution in [0.5, 0.6) is 0 Å². The van der Waals surface area contributed by atoms with Gasteiger partial charge in [-0.3, -0.25) is 4.90 Å². The van der Waals surface area contributed by atoms with E-state index in [0.717, 1.165) is 38.6 Å². The highest BCUT2D eigenvalue weighted by Crippen LogP contribution is 2.34. The lowest BCUT2D eigenvalue weighted by Gasteiger charge is -2.36. The quantitative estimate of drug-likeness (QED) is 0.798. The molecule has 3 aliphatic rings. The first kappa shape index (κ1) is 17.3. The molecule has 1 aromatic heterocycles. The van der Waals surface area contributed by atoms with E-state index >= 15 is 0 Å². The highest BCUT2D eigenvalue weighted by molar-refractivity contribution is 7.89. The minimum atomic E-state index is -3.44. The molecule has 27 heavy (non-hydrogen) atoms. The molecule has 0 radical (unpaired) electrons. The van der Waals surface area contributed by atoms with Crippen molar-refractivity contribution in [3.63, 3.8) is 0 Å². The van der Waals surface area contributed by atoms with Gasteiger partial charge in [-0.05, 0) is 69.0 Å². The Morgan fingerprint density at radius 3 is 2.74 bits per heavy atom. The monoisotopic (exact) mass is 388 g/mol. The molecule has 2 aliphatic heterocycles. The van der Waals surface area contributed by atoms with Crippen LogP contribution < -0.4 is 0 Å². The van der Waals surface area contributed by atoms with Gasteiger partial charge in [0, 0.05) is 13.1 Å². The van der Waals surface area contributed by atoms with E-state index in [0.29, 0.717) is 29.7 Å². The summed E-state index contributed by atoms with van der Waals surface area (Å²) < 4.78 is 32.8. The summed E-state index contributed by atoms with van der Waals surface area (Å²) in [6, 6.07) is 5.76. The number of sulfonamides is 1. The summed E-state index contributed by atoms with van der Waals surface area (Å²) in [5.41, 5.74) is 2.46. The number of hydrogen-bond donors (Lipinski definition) is 0. The van der Waals surface area contributed by atoms with E-state index in [4.69, 9.17) is 4.52 Å². The van der Waals surface area contributed by atoms with Gasteiger partial charge in [0.25, 0.3) is 0 Å². The van der Waals surface area contributed by atoms with Crippen molar-refractivity contribution in [2.24, 2.45) is 0 Å². The smallest absolute Gasteiger partial charge is 0.243 e. The van der Waals surface area contributed by atoms with Crippen LogP contribution in [0.1, 0.15) is 54.1 Å². The molecule has 1 aromatic carbocycles. The number of hydrogen-bond acceptors (Lipinski definition) is 6. The summed E-state index contributed by atoms with van der Waals surface area (Å²) in [6.07, 6.45) is 5.30. The maximum atomic E-state index is 12.9. The summed E-state index contributed by atoms with van der Waals surface area (Å²) in [5.74, 6) is 1.30. The van der Waals surface area contributed by atoms with Gasteiger partial charge in [-0.15, -0.1) is 0 Å². The molecule has 1 atom stereocenters. The van der Waals surface area contributed by atoms with Gasteiger partial charge in [0.2, 0.25) is 15.9 Å². The zero-order valence-corrected chi connectivity index (χ0v) is 16.3. The highest BCUT2D eigenvalue weighted by atomic mass is 32.2. The average Bonchev–Trinajstić information content (AvgIpc) is 3.32. The molecule has 0 bridgehead atoms. The molecule has 0 spiro atoms. The van der Waals surface area contributed by atoms with Gasteiger partial charge in [-0.2, -0.15) is 9.29 Å². The molecule has 2 saturated heterocycles. The highest BCUT2D eigenvalue weighted by Gasteiger charge is 2.40. The molecule has 0 amide bonds. The van der Waals surface area contributed by atoms with Crippen molar-refractivity contribution in [1.82, 2.24) is 19.3 Å². The van der Waals surface area contributed by atoms with Crippen LogP contribution in [-0.2, 0) is 22.9 Å². The largest absolute Gasteiger partial charge is 0.338 e. The number of rotatable bonds is 4. The summed E-state index contributed by atoms with van der Waals surface area (Å²) in [4.78, 5) is 7.19. The topological polar surface area (TPSA) is 79.5 Å². The molecule has 8 heteroatoms. The Kier molecular flexibility index (Phi) is 4.10. The van der Waals surface area contributed by atoms with Crippen LogP contribution in [0.25, 0.3) is 0 Å². The second kappa shape index (κ2) is 6.39. The molecule has 3 heterocycles. The second-order valence-corrected chi connectivity index (χ2v) is 9.87. The lowest BCUT2D eigenvalue weighted by molar-refractivity contribution is 0.236. The van der Waals surface area contributed by atoms with E-state index < -0.39 is 10.0 Å². The van der Waals surface area contributed by atoms with Crippen LogP contribution in [0.15, 0.2) is 27.6 Å². The summed E-state index contributed by atoms with van der Waals surface area (Å²) in [7, 11) is -1.38. The lowest BCUT2D eigenvalue weighted by atomic mass is 10.0. The third-order valence-electron chi connectivity index (χ3n) is 6.18. The van der Waals surface area contributed by atoms with Crippen LogP contribution in [0.3, 0.4) is 0 Å². The van der Waals surface area contributed by atoms with Crippen LogP contribution in [0.2, 0.25) is 0 Å². The van der Waals surface area contributed by atoms with E-state index in [1.165, 1.54) is 15.4 Å². The molecular weight excluding hydrogens is 364 g/mol. The normalized spacial score (nSPS) is 24.3. The summed E-state index contributed by atoms with van der Waals surface area (Å²) in [6.45, 7) is 1.87. The standard InChI is InChI=1S/C19H24N4O3S/c1-22-9-3-6-17(22)19-20-18(21-26-19)15-11-23(12-15)27(24,25)16-8-7-13-4-2-5-14(13)10-16/h7-8,10,15,17H,2-6,9,11-12H2,1H3.